The van der Waals surface area contributed by atoms with Crippen molar-refractivity contribution >= 4 is 0 Å². The third kappa shape index (κ3) is 44.3. The van der Waals surface area contributed by atoms with Gasteiger partial charge in [-0.15, -0.1) is 0 Å². The number of unbranched alkanes of at least 4 members (excludes halogenated alkanes) is 4. The van der Waals surface area contributed by atoms with Gasteiger partial charge in [0.25, 0.3) is 0 Å². The first-order valence-corrected chi connectivity index (χ1v) is 15.8. The van der Waals surface area contributed by atoms with Crippen LogP contribution in [0.4, 0.5) is 0 Å². The molecule has 0 bridgehead atoms. The summed E-state index contributed by atoms with van der Waals surface area (Å²) in [5.41, 5.74) is 0. The van der Waals surface area contributed by atoms with Crippen LogP contribution in [0.2, 0.25) is 0 Å². The van der Waals surface area contributed by atoms with Gasteiger partial charge in [-0.2, -0.15) is 0 Å². The van der Waals surface area contributed by atoms with Gasteiger partial charge < -0.3 is 20.4 Å². The number of hydrogen-bond acceptors (Lipinski definition) is 4. The SMILES string of the molecule is CCCCC(CC)CO.CCCCC(CC)CO.CCCCC(CC)CO.CCCCC(CC)CO.[Ti].[Ti]. The van der Waals surface area contributed by atoms with Gasteiger partial charge in [0, 0.05) is 69.9 Å². The Hall–Kier alpha value is 1.27. The quantitative estimate of drug-likeness (QED) is 0.103. The van der Waals surface area contributed by atoms with E-state index in [1.807, 2.05) is 0 Å². The van der Waals surface area contributed by atoms with Gasteiger partial charge in [-0.25, -0.2) is 0 Å². The van der Waals surface area contributed by atoms with Crippen molar-refractivity contribution < 1.29 is 63.9 Å². The van der Waals surface area contributed by atoms with Gasteiger partial charge in [0.05, 0.1) is 0 Å². The summed E-state index contributed by atoms with van der Waals surface area (Å²) >= 11 is 0. The van der Waals surface area contributed by atoms with E-state index in [1.165, 1.54) is 77.0 Å². The van der Waals surface area contributed by atoms with Crippen LogP contribution in [0.5, 0.6) is 0 Å². The molecule has 4 atom stereocenters. The minimum absolute atomic E-state index is 0. The largest absolute Gasteiger partial charge is 0.396 e. The summed E-state index contributed by atoms with van der Waals surface area (Å²) in [4.78, 5) is 0. The molecule has 0 aliphatic heterocycles. The van der Waals surface area contributed by atoms with Crippen LogP contribution in [0.1, 0.15) is 158 Å². The molecule has 0 aliphatic rings. The van der Waals surface area contributed by atoms with Crippen LogP contribution in [0.15, 0.2) is 0 Å². The first-order valence-electron chi connectivity index (χ1n) is 15.8. The van der Waals surface area contributed by atoms with Crippen molar-refractivity contribution in [2.75, 3.05) is 26.4 Å². The summed E-state index contributed by atoms with van der Waals surface area (Å²) in [5, 5.41) is 35.0. The minimum Gasteiger partial charge on any atom is -0.396 e. The van der Waals surface area contributed by atoms with Crippen LogP contribution in [-0.4, -0.2) is 46.9 Å². The molecular formula is C32H72O4Ti2. The van der Waals surface area contributed by atoms with Gasteiger partial charge in [0.1, 0.15) is 0 Å². The van der Waals surface area contributed by atoms with Gasteiger partial charge in [0.2, 0.25) is 0 Å². The third-order valence-electron chi connectivity index (χ3n) is 7.21. The van der Waals surface area contributed by atoms with E-state index in [9.17, 15) is 0 Å². The minimum atomic E-state index is 0. The molecule has 4 nitrogen and oxygen atoms in total. The number of aliphatic hydroxyl groups is 4. The summed E-state index contributed by atoms with van der Waals surface area (Å²) < 4.78 is 0. The molecule has 0 aromatic carbocycles. The maximum atomic E-state index is 8.75. The molecule has 6 heteroatoms. The van der Waals surface area contributed by atoms with E-state index in [-0.39, 0.29) is 43.4 Å². The number of hydrogen-bond donors (Lipinski definition) is 4. The van der Waals surface area contributed by atoms with Crippen LogP contribution < -0.4 is 0 Å². The average molecular weight is 617 g/mol. The van der Waals surface area contributed by atoms with Crippen molar-refractivity contribution in [1.82, 2.24) is 0 Å². The maximum Gasteiger partial charge on any atom is 0.0459 e. The van der Waals surface area contributed by atoms with E-state index in [1.54, 1.807) is 0 Å². The fraction of sp³-hybridized carbons (Fsp3) is 1.00. The summed E-state index contributed by atoms with van der Waals surface area (Å²) in [5.74, 6) is 2.24. The summed E-state index contributed by atoms with van der Waals surface area (Å²) in [6.45, 7) is 18.8. The molecule has 232 valence electrons. The normalized spacial score (nSPS) is 12.9. The molecule has 0 radical (unpaired) electrons. The van der Waals surface area contributed by atoms with Gasteiger partial charge >= 0.3 is 0 Å². The molecule has 38 heavy (non-hydrogen) atoms. The van der Waals surface area contributed by atoms with E-state index in [0.717, 1.165) is 25.7 Å². The zero-order valence-electron chi connectivity index (χ0n) is 27.2. The van der Waals surface area contributed by atoms with Gasteiger partial charge in [0.15, 0.2) is 0 Å². The standard InChI is InChI=1S/4C8H18O.2Ti/c4*1-3-5-6-8(4-2)7-9;;/h4*8-9H,3-7H2,1-2H3;;. The van der Waals surface area contributed by atoms with Crippen molar-refractivity contribution in [1.29, 1.82) is 0 Å². The van der Waals surface area contributed by atoms with Crippen LogP contribution in [-0.2, 0) is 43.4 Å². The van der Waals surface area contributed by atoms with E-state index in [4.69, 9.17) is 20.4 Å². The summed E-state index contributed by atoms with van der Waals surface area (Å²) in [6, 6.07) is 0. The molecular weight excluding hydrogens is 544 g/mol. The molecule has 4 N–H and O–H groups in total. The molecule has 0 aromatic rings. The Balaban J connectivity index is -0.0000000883. The number of aliphatic hydroxyl groups excluding tert-OH is 4. The van der Waals surface area contributed by atoms with E-state index in [2.05, 4.69) is 55.4 Å². The van der Waals surface area contributed by atoms with Crippen molar-refractivity contribution in [2.24, 2.45) is 23.7 Å². The molecule has 0 saturated heterocycles. The Morgan fingerprint density at radius 3 is 0.579 bits per heavy atom. The molecule has 0 rings (SSSR count). The Bertz CT molecular complexity index is 269. The zero-order chi connectivity index (χ0) is 28.5. The zero-order valence-corrected chi connectivity index (χ0v) is 30.4. The molecule has 4 unspecified atom stereocenters. The van der Waals surface area contributed by atoms with Crippen LogP contribution in [0, 0.1) is 23.7 Å². The van der Waals surface area contributed by atoms with Crippen LogP contribution >= 0.6 is 0 Å². The summed E-state index contributed by atoms with van der Waals surface area (Å²) in [7, 11) is 0. The second-order valence-electron chi connectivity index (χ2n) is 10.4. The molecule has 0 heterocycles. The molecule has 0 spiro atoms. The second-order valence-corrected chi connectivity index (χ2v) is 10.4. The molecule has 0 fully saturated rings. The van der Waals surface area contributed by atoms with E-state index < -0.39 is 0 Å². The van der Waals surface area contributed by atoms with Gasteiger partial charge in [-0.05, 0) is 49.4 Å². The first kappa shape index (κ1) is 52.0. The van der Waals surface area contributed by atoms with Gasteiger partial charge in [-0.1, -0.05) is 132 Å². The smallest absolute Gasteiger partial charge is 0.0459 e. The average Bonchev–Trinajstić information content (AvgIpc) is 2.92. The topological polar surface area (TPSA) is 80.9 Å². The van der Waals surface area contributed by atoms with Crippen molar-refractivity contribution in [3.8, 4) is 0 Å². The fourth-order valence-corrected chi connectivity index (χ4v) is 3.67. The van der Waals surface area contributed by atoms with E-state index in [0.29, 0.717) is 50.1 Å². The number of rotatable bonds is 20. The molecule has 0 aliphatic carbocycles. The van der Waals surface area contributed by atoms with Crippen molar-refractivity contribution in [3.63, 3.8) is 0 Å². The molecule has 0 saturated carbocycles. The Labute approximate surface area is 270 Å². The summed E-state index contributed by atoms with van der Waals surface area (Å²) in [6.07, 6.45) is 19.3. The van der Waals surface area contributed by atoms with Gasteiger partial charge in [-0.3, -0.25) is 0 Å². The van der Waals surface area contributed by atoms with Crippen LogP contribution in [0.3, 0.4) is 0 Å². The molecule has 0 aromatic heterocycles. The predicted molar refractivity (Wildman–Crippen MR) is 162 cm³/mol. The second kappa shape index (κ2) is 48.0. The third-order valence-corrected chi connectivity index (χ3v) is 7.21. The Morgan fingerprint density at radius 2 is 0.500 bits per heavy atom. The monoisotopic (exact) mass is 616 g/mol. The van der Waals surface area contributed by atoms with E-state index >= 15 is 0 Å². The Morgan fingerprint density at radius 1 is 0.342 bits per heavy atom. The Kier molecular flexibility index (Phi) is 65.7. The maximum absolute atomic E-state index is 8.75. The predicted octanol–water partition coefficient (Wildman–Crippen LogP) is 8.78. The fourth-order valence-electron chi connectivity index (χ4n) is 3.67. The first-order chi connectivity index (χ1) is 17.4. The van der Waals surface area contributed by atoms with Crippen LogP contribution in [0.25, 0.3) is 0 Å². The molecule has 0 amide bonds. The van der Waals surface area contributed by atoms with Crippen molar-refractivity contribution in [3.05, 3.63) is 0 Å². The van der Waals surface area contributed by atoms with Crippen molar-refractivity contribution in [2.45, 2.75) is 158 Å².